The molecule has 0 amide bonds. The Bertz CT molecular complexity index is 513. The highest BCUT2D eigenvalue weighted by Crippen LogP contribution is 2.21. The van der Waals surface area contributed by atoms with Gasteiger partial charge in [-0.2, -0.15) is 0 Å². The standard InChI is InChI=1S/C17H25N3/c1-3-4-5-6-7-15(18)17-19-12-16(20-17)14-10-8-13(2)9-11-14/h8-12,15H,3-7,18H2,1-2H3,(H,19,20)/t15-/m0/s1. The molecule has 1 aromatic heterocycles. The number of aryl methyl sites for hydroxylation is 1. The third kappa shape index (κ3) is 3.94. The van der Waals surface area contributed by atoms with Crippen molar-refractivity contribution in [3.05, 3.63) is 41.9 Å². The molecule has 0 saturated carbocycles. The highest BCUT2D eigenvalue weighted by Gasteiger charge is 2.10. The van der Waals surface area contributed by atoms with E-state index in [1.165, 1.54) is 31.2 Å². The molecule has 0 unspecified atom stereocenters. The maximum absolute atomic E-state index is 6.20. The predicted octanol–water partition coefficient (Wildman–Crippen LogP) is 4.36. The number of nitrogens with two attached hydrogens (primary N) is 1. The van der Waals surface area contributed by atoms with Gasteiger partial charge in [0.25, 0.3) is 0 Å². The van der Waals surface area contributed by atoms with Gasteiger partial charge in [-0.25, -0.2) is 4.98 Å². The summed E-state index contributed by atoms with van der Waals surface area (Å²) >= 11 is 0. The first-order valence-corrected chi connectivity index (χ1v) is 7.58. The fraction of sp³-hybridized carbons (Fsp3) is 0.471. The first-order valence-electron chi connectivity index (χ1n) is 7.58. The lowest BCUT2D eigenvalue weighted by molar-refractivity contribution is 0.550. The number of aromatic amines is 1. The van der Waals surface area contributed by atoms with Gasteiger partial charge >= 0.3 is 0 Å². The highest BCUT2D eigenvalue weighted by molar-refractivity contribution is 5.58. The van der Waals surface area contributed by atoms with Crippen LogP contribution in [0.3, 0.4) is 0 Å². The van der Waals surface area contributed by atoms with E-state index < -0.39 is 0 Å². The minimum absolute atomic E-state index is 0.0195. The van der Waals surface area contributed by atoms with Crippen molar-refractivity contribution >= 4 is 0 Å². The number of nitrogens with zero attached hydrogens (tertiary/aromatic N) is 1. The molecule has 0 aliphatic rings. The molecule has 2 aromatic rings. The number of rotatable bonds is 7. The van der Waals surface area contributed by atoms with E-state index in [0.29, 0.717) is 0 Å². The van der Waals surface area contributed by atoms with Crippen molar-refractivity contribution < 1.29 is 0 Å². The van der Waals surface area contributed by atoms with E-state index in [1.807, 2.05) is 6.20 Å². The molecule has 0 radical (unpaired) electrons. The van der Waals surface area contributed by atoms with E-state index in [9.17, 15) is 0 Å². The number of aromatic nitrogens is 2. The maximum Gasteiger partial charge on any atom is 0.123 e. The number of hydrogen-bond acceptors (Lipinski definition) is 2. The average Bonchev–Trinajstić information content (AvgIpc) is 2.94. The Labute approximate surface area is 121 Å². The Kier molecular flexibility index (Phi) is 5.36. The lowest BCUT2D eigenvalue weighted by atomic mass is 10.1. The van der Waals surface area contributed by atoms with Gasteiger partial charge in [0.1, 0.15) is 5.82 Å². The molecule has 0 bridgehead atoms. The van der Waals surface area contributed by atoms with Crippen molar-refractivity contribution in [2.45, 2.75) is 52.0 Å². The third-order valence-corrected chi connectivity index (χ3v) is 3.68. The summed E-state index contributed by atoms with van der Waals surface area (Å²) in [7, 11) is 0. The normalized spacial score (nSPS) is 12.6. The number of imidazole rings is 1. The van der Waals surface area contributed by atoms with Gasteiger partial charge in [-0.3, -0.25) is 0 Å². The van der Waals surface area contributed by atoms with E-state index in [2.05, 4.69) is 48.1 Å². The largest absolute Gasteiger partial charge is 0.341 e. The summed E-state index contributed by atoms with van der Waals surface area (Å²) in [5.41, 5.74) is 9.67. The summed E-state index contributed by atoms with van der Waals surface area (Å²) in [6.45, 7) is 4.31. The Hall–Kier alpha value is -1.61. The zero-order valence-corrected chi connectivity index (χ0v) is 12.5. The molecule has 3 N–H and O–H groups in total. The van der Waals surface area contributed by atoms with Gasteiger partial charge in [0.15, 0.2) is 0 Å². The van der Waals surface area contributed by atoms with Crippen molar-refractivity contribution in [1.82, 2.24) is 9.97 Å². The van der Waals surface area contributed by atoms with E-state index in [4.69, 9.17) is 5.73 Å². The summed E-state index contributed by atoms with van der Waals surface area (Å²) in [6.07, 6.45) is 7.87. The van der Waals surface area contributed by atoms with Crippen molar-refractivity contribution in [3.63, 3.8) is 0 Å². The maximum atomic E-state index is 6.20. The van der Waals surface area contributed by atoms with Gasteiger partial charge in [0.2, 0.25) is 0 Å². The van der Waals surface area contributed by atoms with Crippen LogP contribution in [-0.2, 0) is 0 Å². The van der Waals surface area contributed by atoms with Crippen LogP contribution < -0.4 is 5.73 Å². The van der Waals surface area contributed by atoms with Crippen LogP contribution >= 0.6 is 0 Å². The Morgan fingerprint density at radius 3 is 2.60 bits per heavy atom. The van der Waals surface area contributed by atoms with Gasteiger partial charge < -0.3 is 10.7 Å². The number of nitrogens with one attached hydrogen (secondary N) is 1. The van der Waals surface area contributed by atoms with Crippen LogP contribution in [0.1, 0.15) is 56.5 Å². The Morgan fingerprint density at radius 1 is 1.15 bits per heavy atom. The molecule has 3 nitrogen and oxygen atoms in total. The second-order valence-corrected chi connectivity index (χ2v) is 5.50. The summed E-state index contributed by atoms with van der Waals surface area (Å²) in [5, 5.41) is 0. The minimum Gasteiger partial charge on any atom is -0.341 e. The molecular weight excluding hydrogens is 246 g/mol. The van der Waals surface area contributed by atoms with Crippen LogP contribution in [0.5, 0.6) is 0 Å². The van der Waals surface area contributed by atoms with Crippen molar-refractivity contribution in [2.24, 2.45) is 5.73 Å². The number of unbranched alkanes of at least 4 members (excludes halogenated alkanes) is 3. The smallest absolute Gasteiger partial charge is 0.123 e. The first-order chi connectivity index (χ1) is 9.70. The molecule has 0 fully saturated rings. The Balaban J connectivity index is 1.96. The molecule has 1 aromatic carbocycles. The molecule has 1 atom stereocenters. The van der Waals surface area contributed by atoms with Crippen LogP contribution in [-0.4, -0.2) is 9.97 Å². The molecule has 2 rings (SSSR count). The van der Waals surface area contributed by atoms with Crippen LogP contribution in [0.2, 0.25) is 0 Å². The van der Waals surface area contributed by atoms with Gasteiger partial charge in [0.05, 0.1) is 17.9 Å². The zero-order valence-electron chi connectivity index (χ0n) is 12.5. The predicted molar refractivity (Wildman–Crippen MR) is 84.4 cm³/mol. The fourth-order valence-electron chi connectivity index (χ4n) is 2.33. The van der Waals surface area contributed by atoms with Crippen molar-refractivity contribution in [2.75, 3.05) is 0 Å². The second kappa shape index (κ2) is 7.25. The van der Waals surface area contributed by atoms with Gasteiger partial charge in [-0.15, -0.1) is 0 Å². The average molecular weight is 271 g/mol. The monoisotopic (exact) mass is 271 g/mol. The SMILES string of the molecule is CCCCCC[C@H](N)c1ncc(-c2ccc(C)cc2)[nH]1. The number of benzene rings is 1. The molecular formula is C17H25N3. The topological polar surface area (TPSA) is 54.7 Å². The van der Waals surface area contributed by atoms with Gasteiger partial charge in [0, 0.05) is 0 Å². The van der Waals surface area contributed by atoms with E-state index in [-0.39, 0.29) is 6.04 Å². The van der Waals surface area contributed by atoms with E-state index in [0.717, 1.165) is 23.5 Å². The molecule has 1 heterocycles. The van der Waals surface area contributed by atoms with E-state index in [1.54, 1.807) is 0 Å². The van der Waals surface area contributed by atoms with Crippen LogP contribution in [0.25, 0.3) is 11.3 Å². The molecule has 108 valence electrons. The quantitative estimate of drug-likeness (QED) is 0.735. The lowest BCUT2D eigenvalue weighted by Crippen LogP contribution is -2.11. The zero-order chi connectivity index (χ0) is 14.4. The van der Waals surface area contributed by atoms with Gasteiger partial charge in [-0.05, 0) is 18.9 Å². The fourth-order valence-corrected chi connectivity index (χ4v) is 2.33. The van der Waals surface area contributed by atoms with Crippen molar-refractivity contribution in [3.8, 4) is 11.3 Å². The summed E-state index contributed by atoms with van der Waals surface area (Å²) in [6, 6.07) is 8.46. The number of H-pyrrole nitrogens is 1. The Morgan fingerprint density at radius 2 is 1.90 bits per heavy atom. The number of hydrogen-bond donors (Lipinski definition) is 2. The third-order valence-electron chi connectivity index (χ3n) is 3.68. The minimum atomic E-state index is 0.0195. The summed E-state index contributed by atoms with van der Waals surface area (Å²) in [5.74, 6) is 0.900. The van der Waals surface area contributed by atoms with Crippen LogP contribution in [0, 0.1) is 6.92 Å². The first kappa shape index (κ1) is 14.8. The highest BCUT2D eigenvalue weighted by atomic mass is 15.0. The lowest BCUT2D eigenvalue weighted by Gasteiger charge is -2.08. The van der Waals surface area contributed by atoms with E-state index >= 15 is 0 Å². The molecule has 0 saturated heterocycles. The second-order valence-electron chi connectivity index (χ2n) is 5.50. The summed E-state index contributed by atoms with van der Waals surface area (Å²) < 4.78 is 0. The van der Waals surface area contributed by atoms with Crippen molar-refractivity contribution in [1.29, 1.82) is 0 Å². The van der Waals surface area contributed by atoms with Crippen LogP contribution in [0.4, 0.5) is 0 Å². The van der Waals surface area contributed by atoms with Crippen LogP contribution in [0.15, 0.2) is 30.5 Å². The summed E-state index contributed by atoms with van der Waals surface area (Å²) in [4.78, 5) is 7.79. The molecule has 20 heavy (non-hydrogen) atoms. The molecule has 0 aliphatic heterocycles. The molecule has 3 heteroatoms. The van der Waals surface area contributed by atoms with Gasteiger partial charge in [-0.1, -0.05) is 62.4 Å². The molecule has 0 aliphatic carbocycles. The molecule has 0 spiro atoms.